The molecule has 27 heavy (non-hydrogen) atoms. The summed E-state index contributed by atoms with van der Waals surface area (Å²) in [5.41, 5.74) is 5.85. The normalized spacial score (nSPS) is 11.1. The van der Waals surface area contributed by atoms with Crippen molar-refractivity contribution in [2.75, 3.05) is 0 Å². The van der Waals surface area contributed by atoms with Crippen molar-refractivity contribution in [3.63, 3.8) is 0 Å². The van der Waals surface area contributed by atoms with E-state index in [1.807, 2.05) is 11.6 Å². The van der Waals surface area contributed by atoms with Crippen LogP contribution in [0.4, 0.5) is 0 Å². The summed E-state index contributed by atoms with van der Waals surface area (Å²) in [6.07, 6.45) is 0. The highest BCUT2D eigenvalue weighted by Crippen LogP contribution is 2.30. The number of thioether (sulfide) groups is 1. The second kappa shape index (κ2) is 7.66. The predicted molar refractivity (Wildman–Crippen MR) is 113 cm³/mol. The maximum absolute atomic E-state index is 4.80. The zero-order valence-electron chi connectivity index (χ0n) is 15.5. The summed E-state index contributed by atoms with van der Waals surface area (Å²) in [7, 11) is 2.01. The lowest BCUT2D eigenvalue weighted by Gasteiger charge is -2.04. The fraction of sp³-hybridized carbons (Fsp3) is 0.190. The van der Waals surface area contributed by atoms with Crippen molar-refractivity contribution < 1.29 is 0 Å². The van der Waals surface area contributed by atoms with E-state index in [9.17, 15) is 0 Å². The molecule has 0 saturated heterocycles. The van der Waals surface area contributed by atoms with Gasteiger partial charge in [-0.05, 0) is 19.4 Å². The highest BCUT2D eigenvalue weighted by molar-refractivity contribution is 7.98. The van der Waals surface area contributed by atoms with Crippen molar-refractivity contribution in [3.05, 3.63) is 70.7 Å². The molecule has 6 heteroatoms. The van der Waals surface area contributed by atoms with Crippen LogP contribution in [-0.4, -0.2) is 19.7 Å². The molecule has 0 amide bonds. The highest BCUT2D eigenvalue weighted by Gasteiger charge is 2.13. The summed E-state index contributed by atoms with van der Waals surface area (Å²) in [6.45, 7) is 4.21. The first-order valence-electron chi connectivity index (χ1n) is 8.71. The van der Waals surface area contributed by atoms with Gasteiger partial charge in [0.15, 0.2) is 11.0 Å². The lowest BCUT2D eigenvalue weighted by Crippen LogP contribution is -1.95. The fourth-order valence-corrected chi connectivity index (χ4v) is 4.66. The maximum atomic E-state index is 4.80. The van der Waals surface area contributed by atoms with Crippen LogP contribution in [0.15, 0.2) is 59.1 Å². The Labute approximate surface area is 167 Å². The van der Waals surface area contributed by atoms with Crippen molar-refractivity contribution in [2.24, 2.45) is 7.05 Å². The number of aromatic nitrogens is 4. The number of nitrogens with zero attached hydrogens (tertiary/aromatic N) is 4. The molecule has 0 radical (unpaired) electrons. The third-order valence-corrected chi connectivity index (χ3v) is 6.40. The molecular weight excluding hydrogens is 372 g/mol. The number of benzene rings is 2. The first-order valence-corrected chi connectivity index (χ1v) is 10.6. The molecule has 0 unspecified atom stereocenters. The first-order chi connectivity index (χ1) is 13.1. The molecule has 0 spiro atoms. The van der Waals surface area contributed by atoms with Crippen LogP contribution < -0.4 is 0 Å². The summed E-state index contributed by atoms with van der Waals surface area (Å²) < 4.78 is 2.05. The molecule has 2 heterocycles. The Hall–Kier alpha value is -2.44. The molecule has 0 N–H and O–H groups in total. The maximum Gasteiger partial charge on any atom is 0.191 e. The second-order valence-corrected chi connectivity index (χ2v) is 8.28. The zero-order valence-corrected chi connectivity index (χ0v) is 17.1. The van der Waals surface area contributed by atoms with E-state index in [1.54, 1.807) is 23.1 Å². The SMILES string of the molecule is Cc1ccc(-c2nnc(SCc3csc(-c4ccccc4C)n3)n2C)cc1. The van der Waals surface area contributed by atoms with Gasteiger partial charge in [-0.3, -0.25) is 0 Å². The highest BCUT2D eigenvalue weighted by atomic mass is 32.2. The summed E-state index contributed by atoms with van der Waals surface area (Å²) in [6, 6.07) is 16.7. The Morgan fingerprint density at radius 3 is 2.56 bits per heavy atom. The van der Waals surface area contributed by atoms with Gasteiger partial charge in [0.25, 0.3) is 0 Å². The van der Waals surface area contributed by atoms with Gasteiger partial charge in [0.1, 0.15) is 5.01 Å². The lowest BCUT2D eigenvalue weighted by molar-refractivity contribution is 0.793. The Morgan fingerprint density at radius 1 is 1.00 bits per heavy atom. The number of aryl methyl sites for hydroxylation is 2. The van der Waals surface area contributed by atoms with Crippen LogP contribution in [0.25, 0.3) is 22.0 Å². The average molecular weight is 393 g/mol. The summed E-state index contributed by atoms with van der Waals surface area (Å²) in [5, 5.41) is 12.8. The summed E-state index contributed by atoms with van der Waals surface area (Å²) >= 11 is 3.36. The molecule has 2 aromatic carbocycles. The minimum atomic E-state index is 0.780. The van der Waals surface area contributed by atoms with E-state index >= 15 is 0 Å². The molecule has 2 aromatic heterocycles. The number of rotatable bonds is 5. The van der Waals surface area contributed by atoms with Gasteiger partial charge in [0.2, 0.25) is 0 Å². The predicted octanol–water partition coefficient (Wildman–Crippen LogP) is 5.51. The number of hydrogen-bond donors (Lipinski definition) is 0. The molecule has 4 aromatic rings. The Morgan fingerprint density at radius 2 is 1.78 bits per heavy atom. The van der Waals surface area contributed by atoms with Crippen LogP contribution in [0.5, 0.6) is 0 Å². The molecule has 0 atom stereocenters. The Kier molecular flexibility index (Phi) is 5.09. The molecular formula is C21H20N4S2. The third-order valence-electron chi connectivity index (χ3n) is 4.42. The standard InChI is InChI=1S/C21H20N4S2/c1-14-8-10-16(11-9-14)19-23-24-21(25(19)3)27-13-17-12-26-20(22-17)18-7-5-4-6-15(18)2/h4-12H,13H2,1-3H3. The summed E-state index contributed by atoms with van der Waals surface area (Å²) in [5.74, 6) is 1.67. The van der Waals surface area contributed by atoms with Gasteiger partial charge in [0, 0.05) is 29.3 Å². The summed E-state index contributed by atoms with van der Waals surface area (Å²) in [4.78, 5) is 4.80. The van der Waals surface area contributed by atoms with Gasteiger partial charge in [-0.2, -0.15) is 0 Å². The van der Waals surface area contributed by atoms with E-state index < -0.39 is 0 Å². The van der Waals surface area contributed by atoms with E-state index in [-0.39, 0.29) is 0 Å². The molecule has 0 saturated carbocycles. The Bertz CT molecular complexity index is 1060. The fourth-order valence-electron chi connectivity index (χ4n) is 2.84. The van der Waals surface area contributed by atoms with Crippen LogP contribution in [0.3, 0.4) is 0 Å². The molecule has 4 rings (SSSR count). The zero-order chi connectivity index (χ0) is 18.8. The minimum absolute atomic E-state index is 0.780. The average Bonchev–Trinajstić information content (AvgIpc) is 3.28. The molecule has 4 nitrogen and oxygen atoms in total. The third kappa shape index (κ3) is 3.82. The monoisotopic (exact) mass is 392 g/mol. The van der Waals surface area contributed by atoms with Crippen molar-refractivity contribution >= 4 is 23.1 Å². The van der Waals surface area contributed by atoms with Crippen LogP contribution in [-0.2, 0) is 12.8 Å². The van der Waals surface area contributed by atoms with Gasteiger partial charge in [0.05, 0.1) is 5.69 Å². The molecule has 0 aliphatic heterocycles. The molecule has 0 fully saturated rings. The van der Waals surface area contributed by atoms with Gasteiger partial charge in [-0.15, -0.1) is 21.5 Å². The second-order valence-electron chi connectivity index (χ2n) is 6.48. The first kappa shape index (κ1) is 17.9. The van der Waals surface area contributed by atoms with Crippen LogP contribution in [0.1, 0.15) is 16.8 Å². The van der Waals surface area contributed by atoms with Crippen LogP contribution in [0, 0.1) is 13.8 Å². The largest absolute Gasteiger partial charge is 0.305 e. The lowest BCUT2D eigenvalue weighted by atomic mass is 10.1. The van der Waals surface area contributed by atoms with Crippen molar-refractivity contribution in [1.82, 2.24) is 19.7 Å². The van der Waals surface area contributed by atoms with E-state index in [4.69, 9.17) is 4.98 Å². The van der Waals surface area contributed by atoms with Crippen LogP contribution >= 0.6 is 23.1 Å². The minimum Gasteiger partial charge on any atom is -0.305 e. The number of hydrogen-bond acceptors (Lipinski definition) is 5. The topological polar surface area (TPSA) is 43.6 Å². The Balaban J connectivity index is 1.48. The van der Waals surface area contributed by atoms with E-state index in [0.717, 1.165) is 33.0 Å². The van der Waals surface area contributed by atoms with Gasteiger partial charge in [-0.1, -0.05) is 65.9 Å². The van der Waals surface area contributed by atoms with Crippen molar-refractivity contribution in [2.45, 2.75) is 24.8 Å². The molecule has 0 aliphatic carbocycles. The quantitative estimate of drug-likeness (QED) is 0.420. The van der Waals surface area contributed by atoms with Gasteiger partial charge >= 0.3 is 0 Å². The van der Waals surface area contributed by atoms with Gasteiger partial charge < -0.3 is 4.57 Å². The smallest absolute Gasteiger partial charge is 0.191 e. The van der Waals surface area contributed by atoms with Crippen LogP contribution in [0.2, 0.25) is 0 Å². The molecule has 0 bridgehead atoms. The molecule has 136 valence electrons. The van der Waals surface area contributed by atoms with Gasteiger partial charge in [-0.25, -0.2) is 4.98 Å². The van der Waals surface area contributed by atoms with E-state index in [2.05, 4.69) is 78.0 Å². The molecule has 0 aliphatic rings. The van der Waals surface area contributed by atoms with E-state index in [1.165, 1.54) is 16.7 Å². The van der Waals surface area contributed by atoms with Crippen molar-refractivity contribution in [1.29, 1.82) is 0 Å². The number of thiazole rings is 1. The van der Waals surface area contributed by atoms with Crippen molar-refractivity contribution in [3.8, 4) is 22.0 Å². The van der Waals surface area contributed by atoms with E-state index in [0.29, 0.717) is 0 Å².